The van der Waals surface area contributed by atoms with Gasteiger partial charge in [-0.1, -0.05) is 0 Å². The fourth-order valence-corrected chi connectivity index (χ4v) is 2.22. The van der Waals surface area contributed by atoms with Crippen LogP contribution in [0.2, 0.25) is 0 Å². The molecule has 0 fully saturated rings. The Kier molecular flexibility index (Phi) is 6.32. The number of fused-ring (bicyclic) bond motifs is 1. The van der Waals surface area contributed by atoms with E-state index >= 15 is 0 Å². The van der Waals surface area contributed by atoms with Crippen LogP contribution in [0.15, 0.2) is 22.6 Å². The normalized spacial score (nSPS) is 11.9. The van der Waals surface area contributed by atoms with Crippen LogP contribution in [0.5, 0.6) is 0 Å². The molecule has 2 aromatic rings. The van der Waals surface area contributed by atoms with Crippen molar-refractivity contribution in [2.24, 2.45) is 5.73 Å². The highest BCUT2D eigenvalue weighted by Crippen LogP contribution is 2.19. The third-order valence-electron chi connectivity index (χ3n) is 2.73. The lowest BCUT2D eigenvalue weighted by Crippen LogP contribution is -2.36. The first-order valence-electron chi connectivity index (χ1n) is 6.02. The molecule has 5 nitrogen and oxygen atoms in total. The smallest absolute Gasteiger partial charge is 0.241 e. The summed E-state index contributed by atoms with van der Waals surface area (Å²) in [6.07, 6.45) is 2.66. The zero-order valence-corrected chi connectivity index (χ0v) is 13.0. The molecular weight excluding hydrogens is 298 g/mol. The van der Waals surface area contributed by atoms with Gasteiger partial charge in [-0.05, 0) is 36.6 Å². The van der Waals surface area contributed by atoms with E-state index in [1.54, 1.807) is 36.9 Å². The number of amides is 1. The Balaban J connectivity index is 0.00000200. The zero-order valence-electron chi connectivity index (χ0n) is 11.4. The lowest BCUT2D eigenvalue weighted by Gasteiger charge is -2.11. The molecule has 1 amide bonds. The van der Waals surface area contributed by atoms with Crippen LogP contribution in [-0.4, -0.2) is 28.9 Å². The van der Waals surface area contributed by atoms with E-state index in [0.717, 1.165) is 11.3 Å². The van der Waals surface area contributed by atoms with E-state index in [1.165, 1.54) is 0 Å². The zero-order chi connectivity index (χ0) is 13.8. The molecule has 1 atom stereocenters. The van der Waals surface area contributed by atoms with E-state index in [-0.39, 0.29) is 18.3 Å². The Labute approximate surface area is 128 Å². The number of nitrogens with zero attached hydrogens (tertiary/aromatic N) is 1. The summed E-state index contributed by atoms with van der Waals surface area (Å²) < 4.78 is 5.38. The van der Waals surface area contributed by atoms with Crippen molar-refractivity contribution in [1.29, 1.82) is 0 Å². The number of carbonyl (C=O) groups excluding carboxylic acids is 1. The van der Waals surface area contributed by atoms with E-state index < -0.39 is 6.04 Å². The van der Waals surface area contributed by atoms with E-state index in [4.69, 9.17) is 10.2 Å². The monoisotopic (exact) mass is 315 g/mol. The Morgan fingerprint density at radius 3 is 3.00 bits per heavy atom. The van der Waals surface area contributed by atoms with E-state index in [9.17, 15) is 4.79 Å². The van der Waals surface area contributed by atoms with Crippen molar-refractivity contribution >= 4 is 46.9 Å². The number of nitrogens with two attached hydrogens (primary N) is 1. The maximum absolute atomic E-state index is 11.9. The van der Waals surface area contributed by atoms with Crippen LogP contribution in [0.25, 0.3) is 11.1 Å². The van der Waals surface area contributed by atoms with Crippen molar-refractivity contribution in [1.82, 2.24) is 4.98 Å². The molecular formula is C13H18ClN3O2S. The number of aryl methyl sites for hydroxylation is 1. The third kappa shape index (κ3) is 4.13. The van der Waals surface area contributed by atoms with Gasteiger partial charge in [0, 0.05) is 12.6 Å². The molecule has 3 N–H and O–H groups in total. The summed E-state index contributed by atoms with van der Waals surface area (Å²) in [5.41, 5.74) is 7.93. The van der Waals surface area contributed by atoms with E-state index in [2.05, 4.69) is 10.3 Å². The fourth-order valence-electron chi connectivity index (χ4n) is 1.73. The number of halogens is 1. The summed E-state index contributed by atoms with van der Waals surface area (Å²) in [6.45, 7) is 1.79. The molecule has 0 aliphatic rings. The predicted molar refractivity (Wildman–Crippen MR) is 85.6 cm³/mol. The van der Waals surface area contributed by atoms with Crippen LogP contribution < -0.4 is 11.1 Å². The molecule has 20 heavy (non-hydrogen) atoms. The second kappa shape index (κ2) is 7.52. The molecule has 0 aliphatic heterocycles. The number of oxazole rings is 1. The number of carbonyl (C=O) groups is 1. The first-order chi connectivity index (χ1) is 9.10. The van der Waals surface area contributed by atoms with E-state index in [0.29, 0.717) is 23.6 Å². The Morgan fingerprint density at radius 1 is 1.55 bits per heavy atom. The minimum Gasteiger partial charge on any atom is -0.441 e. The summed E-state index contributed by atoms with van der Waals surface area (Å²) >= 11 is 1.68. The number of hydrogen-bond donors (Lipinski definition) is 2. The van der Waals surface area contributed by atoms with Crippen LogP contribution in [0.3, 0.4) is 0 Å². The summed E-state index contributed by atoms with van der Waals surface area (Å²) in [5.74, 6) is 1.31. The van der Waals surface area contributed by atoms with Gasteiger partial charge >= 0.3 is 0 Å². The number of hydrogen-bond acceptors (Lipinski definition) is 5. The Hall–Kier alpha value is -1.24. The van der Waals surface area contributed by atoms with Crippen LogP contribution in [0.4, 0.5) is 5.69 Å². The highest BCUT2D eigenvalue weighted by molar-refractivity contribution is 7.98. The van der Waals surface area contributed by atoms with Crippen LogP contribution in [0, 0.1) is 6.92 Å². The van der Waals surface area contributed by atoms with Gasteiger partial charge in [-0.15, -0.1) is 12.4 Å². The maximum atomic E-state index is 11.9. The highest BCUT2D eigenvalue weighted by Gasteiger charge is 2.13. The topological polar surface area (TPSA) is 81.2 Å². The molecule has 0 saturated heterocycles. The van der Waals surface area contributed by atoms with Crippen molar-refractivity contribution in [2.45, 2.75) is 19.4 Å². The maximum Gasteiger partial charge on any atom is 0.241 e. The summed E-state index contributed by atoms with van der Waals surface area (Å²) in [5, 5.41) is 2.80. The molecule has 1 heterocycles. The van der Waals surface area contributed by atoms with Gasteiger partial charge in [0.1, 0.15) is 5.52 Å². The second-order valence-electron chi connectivity index (χ2n) is 4.29. The summed E-state index contributed by atoms with van der Waals surface area (Å²) in [7, 11) is 0. The Bertz CT molecular complexity index is 588. The summed E-state index contributed by atoms with van der Waals surface area (Å²) in [6, 6.07) is 4.87. The molecule has 1 aromatic carbocycles. The highest BCUT2D eigenvalue weighted by atomic mass is 35.5. The molecule has 0 saturated carbocycles. The average Bonchev–Trinajstić information content (AvgIpc) is 2.75. The molecule has 0 radical (unpaired) electrons. The summed E-state index contributed by atoms with van der Waals surface area (Å²) in [4.78, 5) is 16.1. The SMILES string of the molecule is CSCC[C@H](N)C(=O)Nc1ccc2oc(C)nc2c1.Cl. The van der Waals surface area contributed by atoms with Crippen molar-refractivity contribution in [2.75, 3.05) is 17.3 Å². The van der Waals surface area contributed by atoms with Gasteiger partial charge in [-0.3, -0.25) is 4.79 Å². The van der Waals surface area contributed by atoms with Crippen LogP contribution in [-0.2, 0) is 4.79 Å². The van der Waals surface area contributed by atoms with Crippen LogP contribution >= 0.6 is 24.2 Å². The van der Waals surface area contributed by atoms with Gasteiger partial charge in [0.05, 0.1) is 6.04 Å². The number of aromatic nitrogens is 1. The lowest BCUT2D eigenvalue weighted by molar-refractivity contribution is -0.117. The predicted octanol–water partition coefficient (Wildman–Crippen LogP) is 2.58. The molecule has 1 aromatic heterocycles. The quantitative estimate of drug-likeness (QED) is 0.886. The van der Waals surface area contributed by atoms with Gasteiger partial charge in [0.2, 0.25) is 5.91 Å². The molecule has 7 heteroatoms. The number of rotatable bonds is 5. The first kappa shape index (κ1) is 16.8. The number of anilines is 1. The van der Waals surface area contributed by atoms with Crippen molar-refractivity contribution in [3.63, 3.8) is 0 Å². The van der Waals surface area contributed by atoms with E-state index in [1.807, 2.05) is 6.26 Å². The van der Waals surface area contributed by atoms with Crippen molar-refractivity contribution in [3.05, 3.63) is 24.1 Å². The van der Waals surface area contributed by atoms with Gasteiger partial charge < -0.3 is 15.5 Å². The van der Waals surface area contributed by atoms with Gasteiger partial charge in [0.25, 0.3) is 0 Å². The van der Waals surface area contributed by atoms with Gasteiger partial charge in [0.15, 0.2) is 11.5 Å². The lowest BCUT2D eigenvalue weighted by atomic mass is 10.2. The fraction of sp³-hybridized carbons (Fsp3) is 0.385. The molecule has 0 spiro atoms. The van der Waals surface area contributed by atoms with Crippen LogP contribution in [0.1, 0.15) is 12.3 Å². The third-order valence-corrected chi connectivity index (χ3v) is 3.38. The van der Waals surface area contributed by atoms with Gasteiger partial charge in [-0.2, -0.15) is 11.8 Å². The standard InChI is InChI=1S/C13H17N3O2S.ClH/c1-8-15-11-7-9(3-4-12(11)18-8)16-13(17)10(14)5-6-19-2;/h3-4,7,10H,5-6,14H2,1-2H3,(H,16,17);1H/t10-;/m0./s1. The van der Waals surface area contributed by atoms with Crippen molar-refractivity contribution < 1.29 is 9.21 Å². The van der Waals surface area contributed by atoms with Gasteiger partial charge in [-0.25, -0.2) is 4.98 Å². The number of thioether (sulfide) groups is 1. The number of nitrogens with one attached hydrogen (secondary N) is 1. The molecule has 2 rings (SSSR count). The molecule has 0 aliphatic carbocycles. The minimum absolute atomic E-state index is 0. The first-order valence-corrected chi connectivity index (χ1v) is 7.42. The second-order valence-corrected chi connectivity index (χ2v) is 5.28. The molecule has 0 unspecified atom stereocenters. The average molecular weight is 316 g/mol. The Morgan fingerprint density at radius 2 is 2.30 bits per heavy atom. The number of benzene rings is 1. The molecule has 110 valence electrons. The molecule has 0 bridgehead atoms. The largest absolute Gasteiger partial charge is 0.441 e. The minimum atomic E-state index is -0.484. The van der Waals surface area contributed by atoms with Crippen molar-refractivity contribution in [3.8, 4) is 0 Å².